The molecule has 0 aliphatic carbocycles. The zero-order valence-electron chi connectivity index (χ0n) is 17.1. The summed E-state index contributed by atoms with van der Waals surface area (Å²) >= 11 is 7.34. The second-order valence-electron chi connectivity index (χ2n) is 6.99. The normalized spacial score (nSPS) is 14.8. The van der Waals surface area contributed by atoms with Gasteiger partial charge in [-0.05, 0) is 48.5 Å². The third kappa shape index (κ3) is 4.51. The van der Waals surface area contributed by atoms with Gasteiger partial charge in [-0.15, -0.1) is 11.3 Å². The van der Waals surface area contributed by atoms with Crippen LogP contribution in [-0.2, 0) is 19.6 Å². The number of aliphatic imine (C=N–C) groups is 1. The zero-order chi connectivity index (χ0) is 23.7. The molecule has 170 valence electrons. The van der Waals surface area contributed by atoms with Crippen molar-refractivity contribution in [3.05, 3.63) is 94.3 Å². The van der Waals surface area contributed by atoms with Gasteiger partial charge >= 0.3 is 5.97 Å². The Morgan fingerprint density at radius 1 is 1.03 bits per heavy atom. The summed E-state index contributed by atoms with van der Waals surface area (Å²) in [5.41, 5.74) is 1.25. The molecule has 0 bridgehead atoms. The molecule has 0 saturated heterocycles. The minimum absolute atomic E-state index is 0.0746. The Morgan fingerprint density at radius 2 is 1.82 bits per heavy atom. The minimum Gasteiger partial charge on any atom is -0.457 e. The molecule has 0 unspecified atom stereocenters. The van der Waals surface area contributed by atoms with E-state index < -0.39 is 16.0 Å². The lowest BCUT2D eigenvalue weighted by Crippen LogP contribution is -2.12. The molecule has 0 atom stereocenters. The molecular formula is C23H14ClN3O5S2. The molecule has 8 nitrogen and oxygen atoms in total. The highest BCUT2D eigenvalue weighted by molar-refractivity contribution is 7.93. The first kappa shape index (κ1) is 22.1. The Morgan fingerprint density at radius 3 is 2.56 bits per heavy atom. The molecule has 1 aliphatic heterocycles. The second kappa shape index (κ2) is 8.90. The lowest BCUT2D eigenvalue weighted by atomic mass is 10.2. The Labute approximate surface area is 203 Å². The van der Waals surface area contributed by atoms with E-state index >= 15 is 0 Å². The maximum atomic E-state index is 12.5. The maximum absolute atomic E-state index is 12.5. The Hall–Kier alpha value is -3.73. The smallest absolute Gasteiger partial charge is 0.363 e. The fourth-order valence-corrected chi connectivity index (χ4v) is 5.13. The van der Waals surface area contributed by atoms with Gasteiger partial charge in [0.15, 0.2) is 10.8 Å². The number of thiazole rings is 1. The molecule has 0 saturated carbocycles. The van der Waals surface area contributed by atoms with E-state index in [0.29, 0.717) is 32.8 Å². The number of sulfonamides is 1. The largest absolute Gasteiger partial charge is 0.457 e. The van der Waals surface area contributed by atoms with Gasteiger partial charge in [0.05, 0.1) is 15.5 Å². The first-order chi connectivity index (χ1) is 16.4. The first-order valence-corrected chi connectivity index (χ1v) is 12.5. The predicted octanol–water partition coefficient (Wildman–Crippen LogP) is 5.20. The number of nitrogens with zero attached hydrogens (tertiary/aromatic N) is 2. The molecule has 1 N–H and O–H groups in total. The summed E-state index contributed by atoms with van der Waals surface area (Å²) in [5, 5.41) is 2.39. The van der Waals surface area contributed by atoms with Gasteiger partial charge < -0.3 is 9.15 Å². The van der Waals surface area contributed by atoms with E-state index in [1.54, 1.807) is 53.9 Å². The Kier molecular flexibility index (Phi) is 5.78. The molecule has 2 aromatic heterocycles. The van der Waals surface area contributed by atoms with Crippen molar-refractivity contribution in [3.8, 4) is 11.3 Å². The van der Waals surface area contributed by atoms with E-state index in [1.165, 1.54) is 35.7 Å². The van der Waals surface area contributed by atoms with E-state index in [0.717, 1.165) is 0 Å². The minimum atomic E-state index is -3.75. The van der Waals surface area contributed by atoms with Crippen molar-refractivity contribution < 1.29 is 22.4 Å². The van der Waals surface area contributed by atoms with Crippen LogP contribution in [0.1, 0.15) is 11.3 Å². The SMILES string of the molecule is O=C1OC(c2ccccc2Cl)=N/C1=C/c1ccc(-c2ccc(S(=O)(=O)Nc3nccs3)cc2)o1. The quantitative estimate of drug-likeness (QED) is 0.281. The van der Waals surface area contributed by atoms with E-state index in [4.69, 9.17) is 20.8 Å². The molecule has 11 heteroatoms. The van der Waals surface area contributed by atoms with E-state index in [1.807, 2.05) is 0 Å². The van der Waals surface area contributed by atoms with Gasteiger partial charge in [0.2, 0.25) is 5.90 Å². The third-order valence-electron chi connectivity index (χ3n) is 4.73. The number of hydrogen-bond acceptors (Lipinski definition) is 8. The molecule has 5 rings (SSSR count). The number of benzene rings is 2. The lowest BCUT2D eigenvalue weighted by Gasteiger charge is -2.05. The standard InChI is InChI=1S/C23H14ClN3O5S2/c24-18-4-2-1-3-17(18)21-26-19(22(28)32-21)13-15-7-10-20(31-15)14-5-8-16(9-6-14)34(29,30)27-23-25-11-12-33-23/h1-13H,(H,25,27)/b19-13+. The van der Waals surface area contributed by atoms with Gasteiger partial charge in [0.1, 0.15) is 11.5 Å². The number of cyclic esters (lactones) is 1. The summed E-state index contributed by atoms with van der Waals surface area (Å²) in [6.07, 6.45) is 2.98. The second-order valence-corrected chi connectivity index (χ2v) is 9.97. The van der Waals surface area contributed by atoms with Crippen LogP contribution in [0.4, 0.5) is 5.13 Å². The van der Waals surface area contributed by atoms with Crippen molar-refractivity contribution in [2.75, 3.05) is 4.72 Å². The monoisotopic (exact) mass is 511 g/mol. The van der Waals surface area contributed by atoms with Crippen LogP contribution in [-0.4, -0.2) is 25.3 Å². The van der Waals surface area contributed by atoms with Crippen LogP contribution in [0.3, 0.4) is 0 Å². The van der Waals surface area contributed by atoms with Crippen LogP contribution in [0.25, 0.3) is 17.4 Å². The van der Waals surface area contributed by atoms with E-state index in [9.17, 15) is 13.2 Å². The number of halogens is 1. The van der Waals surface area contributed by atoms with Crippen LogP contribution in [0.15, 0.2) is 92.2 Å². The topological polar surface area (TPSA) is 111 Å². The number of furan rings is 1. The van der Waals surface area contributed by atoms with Crippen LogP contribution in [0.2, 0.25) is 5.02 Å². The molecule has 1 aliphatic rings. The summed E-state index contributed by atoms with van der Waals surface area (Å²) in [6.45, 7) is 0. The van der Waals surface area contributed by atoms with Gasteiger partial charge in [-0.3, -0.25) is 4.72 Å². The number of carbonyl (C=O) groups is 1. The molecule has 3 heterocycles. The molecular weight excluding hydrogens is 498 g/mol. The number of anilines is 1. The number of nitrogens with one attached hydrogen (secondary N) is 1. The molecule has 0 radical (unpaired) electrons. The van der Waals surface area contributed by atoms with Crippen molar-refractivity contribution in [2.24, 2.45) is 4.99 Å². The van der Waals surface area contributed by atoms with Gasteiger partial charge in [0.25, 0.3) is 10.0 Å². The summed E-state index contributed by atoms with van der Waals surface area (Å²) in [6, 6.07) is 16.5. The fraction of sp³-hybridized carbons (Fsp3) is 0. The summed E-state index contributed by atoms with van der Waals surface area (Å²) < 4.78 is 38.4. The van der Waals surface area contributed by atoms with E-state index in [-0.39, 0.29) is 16.5 Å². The number of hydrogen-bond donors (Lipinski definition) is 1. The maximum Gasteiger partial charge on any atom is 0.363 e. The molecule has 0 amide bonds. The van der Waals surface area contributed by atoms with Crippen molar-refractivity contribution in [2.45, 2.75) is 4.90 Å². The molecule has 4 aromatic rings. The summed E-state index contributed by atoms with van der Waals surface area (Å²) in [7, 11) is -3.75. The van der Waals surface area contributed by atoms with Gasteiger partial charge in [-0.1, -0.05) is 23.7 Å². The number of rotatable bonds is 6. The zero-order valence-corrected chi connectivity index (χ0v) is 19.5. The molecule has 2 aromatic carbocycles. The number of aromatic nitrogens is 1. The Balaban J connectivity index is 1.35. The highest BCUT2D eigenvalue weighted by Gasteiger charge is 2.26. The summed E-state index contributed by atoms with van der Waals surface area (Å²) in [5.74, 6) is 0.380. The van der Waals surface area contributed by atoms with Crippen molar-refractivity contribution in [1.29, 1.82) is 0 Å². The fourth-order valence-electron chi connectivity index (χ4n) is 3.13. The highest BCUT2D eigenvalue weighted by Crippen LogP contribution is 2.28. The number of ether oxygens (including phenoxy) is 1. The van der Waals surface area contributed by atoms with Crippen LogP contribution in [0, 0.1) is 0 Å². The number of carbonyl (C=O) groups excluding carboxylic acids is 1. The molecule has 0 spiro atoms. The van der Waals surface area contributed by atoms with E-state index in [2.05, 4.69) is 14.7 Å². The van der Waals surface area contributed by atoms with Crippen LogP contribution < -0.4 is 4.72 Å². The van der Waals surface area contributed by atoms with Crippen molar-refractivity contribution in [3.63, 3.8) is 0 Å². The van der Waals surface area contributed by atoms with Crippen molar-refractivity contribution in [1.82, 2.24) is 4.98 Å². The van der Waals surface area contributed by atoms with Crippen molar-refractivity contribution >= 4 is 56.0 Å². The van der Waals surface area contributed by atoms with Crippen LogP contribution in [0.5, 0.6) is 0 Å². The van der Waals surface area contributed by atoms with Gasteiger partial charge in [-0.2, -0.15) is 0 Å². The number of esters is 1. The average molecular weight is 512 g/mol. The van der Waals surface area contributed by atoms with Gasteiger partial charge in [0, 0.05) is 23.2 Å². The summed E-state index contributed by atoms with van der Waals surface area (Å²) in [4.78, 5) is 20.5. The van der Waals surface area contributed by atoms with Gasteiger partial charge in [-0.25, -0.2) is 23.2 Å². The van der Waals surface area contributed by atoms with Crippen LogP contribution >= 0.6 is 22.9 Å². The average Bonchev–Trinajstić information content (AvgIpc) is 3.57. The highest BCUT2D eigenvalue weighted by atomic mass is 35.5. The lowest BCUT2D eigenvalue weighted by molar-refractivity contribution is -0.129. The first-order valence-electron chi connectivity index (χ1n) is 9.79. The molecule has 0 fully saturated rings. The third-order valence-corrected chi connectivity index (χ3v) is 7.24. The molecule has 34 heavy (non-hydrogen) atoms. The Bertz CT molecular complexity index is 1540. The predicted molar refractivity (Wildman–Crippen MR) is 129 cm³/mol.